The monoisotopic (exact) mass is 320 g/mol. The predicted octanol–water partition coefficient (Wildman–Crippen LogP) is 1.33. The van der Waals surface area contributed by atoms with Crippen LogP contribution in [0.1, 0.15) is 30.9 Å². The number of hydrogen-bond acceptors (Lipinski definition) is 3. The summed E-state index contributed by atoms with van der Waals surface area (Å²) in [6.07, 6.45) is 1.27. The first kappa shape index (κ1) is 15.9. The molecule has 2 aliphatic rings. The van der Waals surface area contributed by atoms with E-state index in [4.69, 9.17) is 0 Å². The molecule has 6 heteroatoms. The third-order valence-electron chi connectivity index (χ3n) is 4.44. The van der Waals surface area contributed by atoms with Crippen LogP contribution in [0.3, 0.4) is 0 Å². The van der Waals surface area contributed by atoms with Gasteiger partial charge in [0, 0.05) is 32.1 Å². The van der Waals surface area contributed by atoms with Gasteiger partial charge < -0.3 is 14.9 Å². The van der Waals surface area contributed by atoms with Gasteiger partial charge in [0.15, 0.2) is 6.10 Å². The van der Waals surface area contributed by atoms with E-state index in [-0.39, 0.29) is 17.4 Å². The predicted molar refractivity (Wildman–Crippen MR) is 81.9 cm³/mol. The molecule has 1 heterocycles. The van der Waals surface area contributed by atoms with E-state index in [9.17, 15) is 19.1 Å². The first-order valence-corrected chi connectivity index (χ1v) is 8.07. The minimum Gasteiger partial charge on any atom is -0.378 e. The van der Waals surface area contributed by atoms with Crippen molar-refractivity contribution in [2.75, 3.05) is 26.2 Å². The molecule has 3 rings (SSSR count). The van der Waals surface area contributed by atoms with Gasteiger partial charge >= 0.3 is 0 Å². The number of amides is 2. The van der Waals surface area contributed by atoms with Gasteiger partial charge in [-0.3, -0.25) is 9.59 Å². The second-order valence-corrected chi connectivity index (χ2v) is 6.24. The zero-order chi connectivity index (χ0) is 16.4. The van der Waals surface area contributed by atoms with Gasteiger partial charge in [-0.2, -0.15) is 0 Å². The average molecular weight is 320 g/mol. The summed E-state index contributed by atoms with van der Waals surface area (Å²) >= 11 is 0. The highest BCUT2D eigenvalue weighted by Crippen LogP contribution is 2.31. The molecule has 0 unspecified atom stereocenters. The van der Waals surface area contributed by atoms with E-state index >= 15 is 0 Å². The van der Waals surface area contributed by atoms with Crippen molar-refractivity contribution in [3.63, 3.8) is 0 Å². The minimum absolute atomic E-state index is 0.176. The number of benzene rings is 1. The number of rotatable bonds is 3. The molecule has 0 bridgehead atoms. The number of carbonyl (C=O) groups is 2. The van der Waals surface area contributed by atoms with Gasteiger partial charge in [0.2, 0.25) is 5.91 Å². The van der Waals surface area contributed by atoms with Gasteiger partial charge in [0.05, 0.1) is 0 Å². The summed E-state index contributed by atoms with van der Waals surface area (Å²) in [7, 11) is 0. The Morgan fingerprint density at radius 3 is 2.52 bits per heavy atom. The highest BCUT2D eigenvalue weighted by atomic mass is 19.1. The topological polar surface area (TPSA) is 60.9 Å². The van der Waals surface area contributed by atoms with Crippen LogP contribution in [0.15, 0.2) is 24.3 Å². The van der Waals surface area contributed by atoms with E-state index in [1.165, 1.54) is 24.3 Å². The molecular weight excluding hydrogens is 299 g/mol. The van der Waals surface area contributed by atoms with Crippen LogP contribution < -0.4 is 0 Å². The molecule has 1 saturated carbocycles. The molecular formula is C17H21FN2O3. The lowest BCUT2D eigenvalue weighted by Gasteiger charge is -2.24. The van der Waals surface area contributed by atoms with E-state index in [1.54, 1.807) is 4.90 Å². The molecule has 1 aliphatic heterocycles. The van der Waals surface area contributed by atoms with Crippen molar-refractivity contribution in [1.29, 1.82) is 0 Å². The summed E-state index contributed by atoms with van der Waals surface area (Å²) in [4.78, 5) is 27.9. The van der Waals surface area contributed by atoms with Gasteiger partial charge in [-0.05, 0) is 37.0 Å². The van der Waals surface area contributed by atoms with E-state index in [1.807, 2.05) is 4.90 Å². The highest BCUT2D eigenvalue weighted by Gasteiger charge is 2.34. The Bertz CT molecular complexity index is 603. The van der Waals surface area contributed by atoms with Crippen LogP contribution in [0.4, 0.5) is 4.39 Å². The van der Waals surface area contributed by atoms with Gasteiger partial charge in [0.25, 0.3) is 5.91 Å². The molecule has 2 amide bonds. The molecule has 0 aromatic heterocycles. The standard InChI is InChI=1S/C17H21FN2O3/c18-14-4-1-3-13(11-14)15(21)17(23)20-8-2-7-19(9-10-20)16(22)12-5-6-12/h1,3-4,11-12,15,21H,2,5-10H2/t15-/m0/s1. The normalized spacial score (nSPS) is 20.1. The van der Waals surface area contributed by atoms with E-state index in [2.05, 4.69) is 0 Å². The summed E-state index contributed by atoms with van der Waals surface area (Å²) in [5.74, 6) is -0.553. The molecule has 1 saturated heterocycles. The van der Waals surface area contributed by atoms with Crippen LogP contribution in [0, 0.1) is 11.7 Å². The Labute approximate surface area is 134 Å². The second-order valence-electron chi connectivity index (χ2n) is 6.24. The van der Waals surface area contributed by atoms with Crippen LogP contribution in [0.2, 0.25) is 0 Å². The molecule has 1 aromatic carbocycles. The fraction of sp³-hybridized carbons (Fsp3) is 0.529. The molecule has 0 spiro atoms. The first-order valence-electron chi connectivity index (χ1n) is 8.07. The van der Waals surface area contributed by atoms with Crippen molar-refractivity contribution in [2.24, 2.45) is 5.92 Å². The molecule has 124 valence electrons. The Morgan fingerprint density at radius 1 is 1.13 bits per heavy atom. The number of nitrogens with zero attached hydrogens (tertiary/aromatic N) is 2. The van der Waals surface area contributed by atoms with Crippen LogP contribution in [-0.2, 0) is 9.59 Å². The number of halogens is 1. The SMILES string of the molecule is O=C(C1CC1)N1CCCN(C(=O)[C@@H](O)c2cccc(F)c2)CC1. The smallest absolute Gasteiger partial charge is 0.256 e. The van der Waals surface area contributed by atoms with E-state index < -0.39 is 17.8 Å². The van der Waals surface area contributed by atoms with E-state index in [0.717, 1.165) is 12.8 Å². The Kier molecular flexibility index (Phi) is 4.61. The van der Waals surface area contributed by atoms with E-state index in [0.29, 0.717) is 32.6 Å². The number of aliphatic hydroxyl groups is 1. The van der Waals surface area contributed by atoms with Crippen LogP contribution in [0.25, 0.3) is 0 Å². The fourth-order valence-electron chi connectivity index (χ4n) is 2.94. The maximum Gasteiger partial charge on any atom is 0.256 e. The summed E-state index contributed by atoms with van der Waals surface area (Å²) in [5.41, 5.74) is 0.255. The lowest BCUT2D eigenvalue weighted by Crippen LogP contribution is -2.39. The molecule has 0 radical (unpaired) electrons. The molecule has 1 aromatic rings. The van der Waals surface area contributed by atoms with Gasteiger partial charge in [0.1, 0.15) is 5.82 Å². The summed E-state index contributed by atoms with van der Waals surface area (Å²) in [6, 6.07) is 5.45. The Hall–Kier alpha value is -1.95. The Morgan fingerprint density at radius 2 is 1.83 bits per heavy atom. The maximum atomic E-state index is 13.2. The van der Waals surface area contributed by atoms with Crippen LogP contribution in [0.5, 0.6) is 0 Å². The molecule has 1 N–H and O–H groups in total. The van der Waals surface area contributed by atoms with Crippen molar-refractivity contribution < 1.29 is 19.1 Å². The molecule has 5 nitrogen and oxygen atoms in total. The third kappa shape index (κ3) is 3.69. The van der Waals surface area contributed by atoms with Crippen molar-refractivity contribution in [3.05, 3.63) is 35.6 Å². The summed E-state index contributed by atoms with van der Waals surface area (Å²) in [5, 5.41) is 10.2. The third-order valence-corrected chi connectivity index (χ3v) is 4.44. The average Bonchev–Trinajstić information content (AvgIpc) is 3.39. The van der Waals surface area contributed by atoms with Gasteiger partial charge in [-0.1, -0.05) is 12.1 Å². The Balaban J connectivity index is 1.62. The van der Waals surface area contributed by atoms with Crippen LogP contribution in [-0.4, -0.2) is 52.9 Å². The quantitative estimate of drug-likeness (QED) is 0.914. The minimum atomic E-state index is -1.36. The highest BCUT2D eigenvalue weighted by molar-refractivity contribution is 5.83. The van der Waals surface area contributed by atoms with Crippen molar-refractivity contribution in [2.45, 2.75) is 25.4 Å². The van der Waals surface area contributed by atoms with Crippen molar-refractivity contribution in [1.82, 2.24) is 9.80 Å². The number of carbonyl (C=O) groups excluding carboxylic acids is 2. The van der Waals surface area contributed by atoms with Gasteiger partial charge in [-0.25, -0.2) is 4.39 Å². The second kappa shape index (κ2) is 6.66. The first-order chi connectivity index (χ1) is 11.1. The summed E-state index contributed by atoms with van der Waals surface area (Å²) < 4.78 is 13.2. The number of hydrogen-bond donors (Lipinski definition) is 1. The largest absolute Gasteiger partial charge is 0.378 e. The number of aliphatic hydroxyl groups excluding tert-OH is 1. The van der Waals surface area contributed by atoms with Crippen molar-refractivity contribution in [3.8, 4) is 0 Å². The molecule has 23 heavy (non-hydrogen) atoms. The zero-order valence-electron chi connectivity index (χ0n) is 12.9. The maximum absolute atomic E-state index is 13.2. The molecule has 1 aliphatic carbocycles. The molecule has 2 fully saturated rings. The lowest BCUT2D eigenvalue weighted by molar-refractivity contribution is -0.141. The zero-order valence-corrected chi connectivity index (χ0v) is 12.9. The van der Waals surface area contributed by atoms with Crippen LogP contribution >= 0.6 is 0 Å². The van der Waals surface area contributed by atoms with Gasteiger partial charge in [-0.15, -0.1) is 0 Å². The summed E-state index contributed by atoms with van der Waals surface area (Å²) in [6.45, 7) is 2.05. The van der Waals surface area contributed by atoms with Crippen molar-refractivity contribution >= 4 is 11.8 Å². The lowest BCUT2D eigenvalue weighted by atomic mass is 10.1. The fourth-order valence-corrected chi connectivity index (χ4v) is 2.94. The molecule has 1 atom stereocenters.